The van der Waals surface area contributed by atoms with Crippen molar-refractivity contribution in [2.45, 2.75) is 38.4 Å². The van der Waals surface area contributed by atoms with Crippen molar-refractivity contribution in [2.75, 3.05) is 6.61 Å². The summed E-state index contributed by atoms with van der Waals surface area (Å²) < 4.78 is 24.3. The highest BCUT2D eigenvalue weighted by Crippen LogP contribution is 2.30. The van der Waals surface area contributed by atoms with Crippen LogP contribution in [0.4, 0.5) is 4.39 Å². The van der Waals surface area contributed by atoms with E-state index < -0.39 is 11.8 Å². The van der Waals surface area contributed by atoms with E-state index in [9.17, 15) is 9.18 Å². The molecule has 0 amide bonds. The van der Waals surface area contributed by atoms with Crippen molar-refractivity contribution in [2.24, 2.45) is 0 Å². The molecular formula is C14H17FO4. The van der Waals surface area contributed by atoms with Gasteiger partial charge in [-0.15, -0.1) is 0 Å². The Morgan fingerprint density at radius 3 is 2.89 bits per heavy atom. The number of hydrogen-bond acceptors (Lipinski definition) is 3. The number of hydrogen-bond donors (Lipinski definition) is 1. The Bertz CT molecular complexity index is 484. The van der Waals surface area contributed by atoms with Gasteiger partial charge in [-0.3, -0.25) is 0 Å². The zero-order valence-corrected chi connectivity index (χ0v) is 11.0. The molecule has 5 heteroatoms. The number of carboxylic acid groups (broad SMARTS) is 1. The molecule has 1 saturated heterocycles. The first-order valence-electron chi connectivity index (χ1n) is 6.21. The van der Waals surface area contributed by atoms with Gasteiger partial charge in [0.15, 0.2) is 0 Å². The second-order valence-electron chi connectivity index (χ2n) is 5.29. The lowest BCUT2D eigenvalue weighted by Gasteiger charge is -2.19. The number of carbonyl (C=O) groups is 1. The third-order valence-corrected chi connectivity index (χ3v) is 3.15. The number of halogens is 1. The maximum absolute atomic E-state index is 13.1. The Balaban J connectivity index is 2.03. The molecular weight excluding hydrogens is 251 g/mol. The van der Waals surface area contributed by atoms with Crippen molar-refractivity contribution in [3.05, 3.63) is 29.6 Å². The van der Waals surface area contributed by atoms with Gasteiger partial charge in [-0.2, -0.15) is 0 Å². The summed E-state index contributed by atoms with van der Waals surface area (Å²) in [4.78, 5) is 11.0. The summed E-state index contributed by atoms with van der Waals surface area (Å²) in [6.07, 6.45) is 1.70. The third kappa shape index (κ3) is 3.44. The lowest BCUT2D eigenvalue weighted by atomic mass is 10.1. The van der Waals surface area contributed by atoms with Crippen LogP contribution in [-0.2, 0) is 4.74 Å². The standard InChI is InChI=1S/C14H17FO4/c1-14(2)6-5-10(19-14)8-18-12-7-9(15)3-4-11(12)13(16)17/h3-4,7,10H,5-6,8H2,1-2H3,(H,16,17). The molecule has 1 aliphatic rings. The second-order valence-corrected chi connectivity index (χ2v) is 5.29. The number of carboxylic acids is 1. The van der Waals surface area contributed by atoms with Gasteiger partial charge in [0, 0.05) is 6.07 Å². The zero-order chi connectivity index (χ0) is 14.0. The van der Waals surface area contributed by atoms with Gasteiger partial charge in [0.25, 0.3) is 0 Å². The summed E-state index contributed by atoms with van der Waals surface area (Å²) in [5.74, 6) is -1.61. The molecule has 1 aliphatic heterocycles. The molecule has 0 bridgehead atoms. The lowest BCUT2D eigenvalue weighted by Crippen LogP contribution is -2.24. The van der Waals surface area contributed by atoms with Crippen molar-refractivity contribution in [1.29, 1.82) is 0 Å². The summed E-state index contributed by atoms with van der Waals surface area (Å²) in [6.45, 7) is 4.23. The summed E-state index contributed by atoms with van der Waals surface area (Å²) in [5.41, 5.74) is -0.218. The molecule has 1 heterocycles. The molecule has 1 aromatic rings. The van der Waals surface area contributed by atoms with Crippen LogP contribution in [0.3, 0.4) is 0 Å². The first kappa shape index (κ1) is 13.8. The Hall–Kier alpha value is -1.62. The fourth-order valence-electron chi connectivity index (χ4n) is 2.17. The van der Waals surface area contributed by atoms with E-state index >= 15 is 0 Å². The van der Waals surface area contributed by atoms with Crippen LogP contribution in [0, 0.1) is 5.82 Å². The van der Waals surface area contributed by atoms with Crippen LogP contribution >= 0.6 is 0 Å². The number of ether oxygens (including phenoxy) is 2. The summed E-state index contributed by atoms with van der Waals surface area (Å²) >= 11 is 0. The normalized spacial score (nSPS) is 21.3. The van der Waals surface area contributed by atoms with E-state index in [2.05, 4.69) is 0 Å². The van der Waals surface area contributed by atoms with Crippen molar-refractivity contribution in [3.8, 4) is 5.75 Å². The van der Waals surface area contributed by atoms with E-state index in [1.807, 2.05) is 13.8 Å². The van der Waals surface area contributed by atoms with E-state index in [0.717, 1.165) is 25.0 Å². The molecule has 1 unspecified atom stereocenters. The van der Waals surface area contributed by atoms with E-state index in [4.69, 9.17) is 14.6 Å². The van der Waals surface area contributed by atoms with Crippen molar-refractivity contribution < 1.29 is 23.8 Å². The van der Waals surface area contributed by atoms with E-state index in [1.54, 1.807) is 0 Å². The summed E-state index contributed by atoms with van der Waals surface area (Å²) in [7, 11) is 0. The van der Waals surface area contributed by atoms with Crippen LogP contribution < -0.4 is 4.74 Å². The molecule has 0 radical (unpaired) electrons. The molecule has 1 fully saturated rings. The highest BCUT2D eigenvalue weighted by Gasteiger charge is 2.32. The van der Waals surface area contributed by atoms with Crippen molar-refractivity contribution >= 4 is 5.97 Å². The Kier molecular flexibility index (Phi) is 3.75. The molecule has 19 heavy (non-hydrogen) atoms. The molecule has 1 atom stereocenters. The smallest absolute Gasteiger partial charge is 0.339 e. The fourth-order valence-corrected chi connectivity index (χ4v) is 2.17. The summed E-state index contributed by atoms with van der Waals surface area (Å²) in [6, 6.07) is 3.39. The molecule has 0 aromatic heterocycles. The number of aromatic carboxylic acids is 1. The van der Waals surface area contributed by atoms with Crippen LogP contribution in [0.5, 0.6) is 5.75 Å². The minimum Gasteiger partial charge on any atom is -0.490 e. The second kappa shape index (κ2) is 5.17. The first-order valence-corrected chi connectivity index (χ1v) is 6.21. The third-order valence-electron chi connectivity index (χ3n) is 3.15. The quantitative estimate of drug-likeness (QED) is 0.912. The van der Waals surface area contributed by atoms with Gasteiger partial charge in [0.2, 0.25) is 0 Å². The average Bonchev–Trinajstić information content (AvgIpc) is 2.66. The molecule has 0 saturated carbocycles. The minimum absolute atomic E-state index is 0.0424. The highest BCUT2D eigenvalue weighted by molar-refractivity contribution is 5.90. The van der Waals surface area contributed by atoms with E-state index in [0.29, 0.717) is 0 Å². The zero-order valence-electron chi connectivity index (χ0n) is 11.0. The molecule has 0 spiro atoms. The van der Waals surface area contributed by atoms with Crippen LogP contribution in [0.15, 0.2) is 18.2 Å². The van der Waals surface area contributed by atoms with Gasteiger partial charge in [-0.1, -0.05) is 0 Å². The molecule has 1 N–H and O–H groups in total. The SMILES string of the molecule is CC1(C)CCC(COc2cc(F)ccc2C(=O)O)O1. The highest BCUT2D eigenvalue weighted by atomic mass is 19.1. The number of benzene rings is 1. The van der Waals surface area contributed by atoms with Gasteiger partial charge in [0.05, 0.1) is 11.7 Å². The predicted molar refractivity (Wildman–Crippen MR) is 67.0 cm³/mol. The van der Waals surface area contributed by atoms with Gasteiger partial charge in [-0.05, 0) is 38.8 Å². The Morgan fingerprint density at radius 2 is 2.32 bits per heavy atom. The van der Waals surface area contributed by atoms with Crippen LogP contribution in [-0.4, -0.2) is 29.4 Å². The largest absolute Gasteiger partial charge is 0.490 e. The molecule has 0 aliphatic carbocycles. The maximum atomic E-state index is 13.1. The van der Waals surface area contributed by atoms with Crippen LogP contribution in [0.1, 0.15) is 37.0 Å². The molecule has 4 nitrogen and oxygen atoms in total. The molecule has 1 aromatic carbocycles. The fraction of sp³-hybridized carbons (Fsp3) is 0.500. The van der Waals surface area contributed by atoms with Gasteiger partial charge < -0.3 is 14.6 Å². The van der Waals surface area contributed by atoms with Gasteiger partial charge in [0.1, 0.15) is 23.7 Å². The van der Waals surface area contributed by atoms with Crippen LogP contribution in [0.25, 0.3) is 0 Å². The predicted octanol–water partition coefficient (Wildman–Crippen LogP) is 2.86. The van der Waals surface area contributed by atoms with Gasteiger partial charge >= 0.3 is 5.97 Å². The first-order chi connectivity index (χ1) is 8.87. The Morgan fingerprint density at radius 1 is 1.58 bits per heavy atom. The average molecular weight is 268 g/mol. The van der Waals surface area contributed by atoms with E-state index in [1.165, 1.54) is 6.07 Å². The topological polar surface area (TPSA) is 55.8 Å². The van der Waals surface area contributed by atoms with Crippen molar-refractivity contribution in [1.82, 2.24) is 0 Å². The maximum Gasteiger partial charge on any atom is 0.339 e. The lowest BCUT2D eigenvalue weighted by molar-refractivity contribution is -0.0328. The summed E-state index contributed by atoms with van der Waals surface area (Å²) in [5, 5.41) is 9.00. The Labute approximate surface area is 111 Å². The van der Waals surface area contributed by atoms with Gasteiger partial charge in [-0.25, -0.2) is 9.18 Å². The van der Waals surface area contributed by atoms with Crippen LogP contribution in [0.2, 0.25) is 0 Å². The monoisotopic (exact) mass is 268 g/mol. The van der Waals surface area contributed by atoms with E-state index in [-0.39, 0.29) is 29.6 Å². The number of rotatable bonds is 4. The minimum atomic E-state index is -1.14. The molecule has 104 valence electrons. The van der Waals surface area contributed by atoms with Crippen molar-refractivity contribution in [3.63, 3.8) is 0 Å². The molecule has 2 rings (SSSR count).